The summed E-state index contributed by atoms with van der Waals surface area (Å²) in [6.07, 6.45) is 0. The first-order valence-corrected chi connectivity index (χ1v) is 6.34. The van der Waals surface area contributed by atoms with E-state index >= 15 is 0 Å². The Balaban J connectivity index is 2.20. The molecule has 0 saturated carbocycles. The lowest BCUT2D eigenvalue weighted by Gasteiger charge is -2.27. The van der Waals surface area contributed by atoms with Crippen LogP contribution in [0.3, 0.4) is 0 Å². The van der Waals surface area contributed by atoms with Gasteiger partial charge in [0.1, 0.15) is 0 Å². The molecule has 4 heteroatoms. The van der Waals surface area contributed by atoms with Crippen molar-refractivity contribution in [3.8, 4) is 0 Å². The molecule has 1 fully saturated rings. The Labute approximate surface area is 108 Å². The van der Waals surface area contributed by atoms with Gasteiger partial charge in [-0.1, -0.05) is 6.07 Å². The zero-order valence-electron chi connectivity index (χ0n) is 11.0. The monoisotopic (exact) mass is 248 g/mol. The highest BCUT2D eigenvalue weighted by Gasteiger charge is 2.14. The van der Waals surface area contributed by atoms with Crippen molar-refractivity contribution in [2.75, 3.05) is 26.2 Å². The highest BCUT2D eigenvalue weighted by molar-refractivity contribution is 5.90. The van der Waals surface area contributed by atoms with Crippen molar-refractivity contribution in [1.29, 1.82) is 0 Å². The third kappa shape index (κ3) is 2.89. The minimum absolute atomic E-state index is 0.431. The van der Waals surface area contributed by atoms with Crippen molar-refractivity contribution in [2.24, 2.45) is 0 Å². The minimum Gasteiger partial charge on any atom is -0.478 e. The quantitative estimate of drug-likeness (QED) is 0.849. The zero-order chi connectivity index (χ0) is 13.1. The lowest BCUT2D eigenvalue weighted by atomic mass is 9.99. The summed E-state index contributed by atoms with van der Waals surface area (Å²) in [6, 6.07) is 3.91. The molecule has 18 heavy (non-hydrogen) atoms. The normalized spacial score (nSPS) is 16.8. The van der Waals surface area contributed by atoms with Gasteiger partial charge in [-0.05, 0) is 36.6 Å². The van der Waals surface area contributed by atoms with E-state index in [4.69, 9.17) is 0 Å². The summed E-state index contributed by atoms with van der Waals surface area (Å²) < 4.78 is 0. The second kappa shape index (κ2) is 5.50. The first-order chi connectivity index (χ1) is 8.58. The van der Waals surface area contributed by atoms with E-state index in [0.29, 0.717) is 5.56 Å². The summed E-state index contributed by atoms with van der Waals surface area (Å²) in [5, 5.41) is 12.5. The molecule has 0 spiro atoms. The Bertz CT molecular complexity index is 451. The van der Waals surface area contributed by atoms with E-state index in [2.05, 4.69) is 16.3 Å². The van der Waals surface area contributed by atoms with Gasteiger partial charge < -0.3 is 10.4 Å². The van der Waals surface area contributed by atoms with Gasteiger partial charge in [0.25, 0.3) is 0 Å². The predicted molar refractivity (Wildman–Crippen MR) is 71.0 cm³/mol. The van der Waals surface area contributed by atoms with Gasteiger partial charge in [-0.15, -0.1) is 0 Å². The first kappa shape index (κ1) is 13.1. The SMILES string of the molecule is Cc1cc(CN2CCNCC2)cc(C(=O)O)c1C. The van der Waals surface area contributed by atoms with Crippen LogP contribution in [0.4, 0.5) is 0 Å². The number of rotatable bonds is 3. The van der Waals surface area contributed by atoms with Crippen LogP contribution >= 0.6 is 0 Å². The fraction of sp³-hybridized carbons (Fsp3) is 0.500. The largest absolute Gasteiger partial charge is 0.478 e. The number of nitrogens with zero attached hydrogens (tertiary/aromatic N) is 1. The number of nitrogens with one attached hydrogen (secondary N) is 1. The van der Waals surface area contributed by atoms with E-state index in [1.54, 1.807) is 0 Å². The molecule has 0 aromatic heterocycles. The molecule has 0 unspecified atom stereocenters. The predicted octanol–water partition coefficient (Wildman–Crippen LogP) is 1.41. The molecule has 2 rings (SSSR count). The molecular formula is C14H20N2O2. The Kier molecular flexibility index (Phi) is 3.99. The number of carbonyl (C=O) groups is 1. The van der Waals surface area contributed by atoms with Crippen LogP contribution in [0.2, 0.25) is 0 Å². The van der Waals surface area contributed by atoms with E-state index in [9.17, 15) is 9.90 Å². The van der Waals surface area contributed by atoms with Crippen molar-refractivity contribution in [3.05, 3.63) is 34.4 Å². The van der Waals surface area contributed by atoms with Gasteiger partial charge in [-0.3, -0.25) is 4.90 Å². The molecule has 0 radical (unpaired) electrons. The summed E-state index contributed by atoms with van der Waals surface area (Å²) >= 11 is 0. The number of hydrogen-bond donors (Lipinski definition) is 2. The highest BCUT2D eigenvalue weighted by atomic mass is 16.4. The fourth-order valence-electron chi connectivity index (χ4n) is 2.37. The van der Waals surface area contributed by atoms with Gasteiger partial charge >= 0.3 is 5.97 Å². The molecule has 1 aromatic rings. The Morgan fingerprint density at radius 2 is 2.00 bits per heavy atom. The number of aromatic carboxylic acids is 1. The smallest absolute Gasteiger partial charge is 0.335 e. The van der Waals surface area contributed by atoms with Crippen LogP contribution in [0.1, 0.15) is 27.0 Å². The van der Waals surface area contributed by atoms with E-state index in [0.717, 1.165) is 49.4 Å². The molecular weight excluding hydrogens is 228 g/mol. The number of carboxylic acid groups (broad SMARTS) is 1. The molecule has 0 aliphatic carbocycles. The molecule has 1 aromatic carbocycles. The van der Waals surface area contributed by atoms with Crippen LogP contribution in [-0.4, -0.2) is 42.2 Å². The molecule has 2 N–H and O–H groups in total. The van der Waals surface area contributed by atoms with E-state index in [1.165, 1.54) is 0 Å². The number of hydrogen-bond acceptors (Lipinski definition) is 3. The topological polar surface area (TPSA) is 52.6 Å². The van der Waals surface area contributed by atoms with Crippen molar-refractivity contribution < 1.29 is 9.90 Å². The maximum Gasteiger partial charge on any atom is 0.335 e. The van der Waals surface area contributed by atoms with Crippen molar-refractivity contribution in [1.82, 2.24) is 10.2 Å². The summed E-state index contributed by atoms with van der Waals surface area (Å²) in [7, 11) is 0. The van der Waals surface area contributed by atoms with Gasteiger partial charge in [-0.2, -0.15) is 0 Å². The Hall–Kier alpha value is -1.39. The number of aryl methyl sites for hydroxylation is 1. The van der Waals surface area contributed by atoms with Crippen LogP contribution in [0.25, 0.3) is 0 Å². The number of carboxylic acids is 1. The van der Waals surface area contributed by atoms with E-state index in [1.807, 2.05) is 19.9 Å². The lowest BCUT2D eigenvalue weighted by Crippen LogP contribution is -2.42. The van der Waals surface area contributed by atoms with E-state index in [-0.39, 0.29) is 0 Å². The summed E-state index contributed by atoms with van der Waals surface area (Å²) in [6.45, 7) is 8.75. The Morgan fingerprint density at radius 1 is 1.33 bits per heavy atom. The van der Waals surface area contributed by atoms with Gasteiger partial charge in [-0.25, -0.2) is 4.79 Å². The molecule has 4 nitrogen and oxygen atoms in total. The van der Waals surface area contributed by atoms with Crippen LogP contribution in [0.5, 0.6) is 0 Å². The average molecular weight is 248 g/mol. The second-order valence-electron chi connectivity index (χ2n) is 4.92. The van der Waals surface area contributed by atoms with Gasteiger partial charge in [0.15, 0.2) is 0 Å². The van der Waals surface area contributed by atoms with Crippen LogP contribution in [0.15, 0.2) is 12.1 Å². The molecule has 0 bridgehead atoms. The molecule has 0 amide bonds. The standard InChI is InChI=1S/C14H20N2O2/c1-10-7-12(8-13(11(10)2)14(17)18)9-16-5-3-15-4-6-16/h7-8,15H,3-6,9H2,1-2H3,(H,17,18). The van der Waals surface area contributed by atoms with E-state index < -0.39 is 5.97 Å². The lowest BCUT2D eigenvalue weighted by molar-refractivity contribution is 0.0695. The van der Waals surface area contributed by atoms with Crippen molar-refractivity contribution in [2.45, 2.75) is 20.4 Å². The summed E-state index contributed by atoms with van der Waals surface area (Å²) in [5.41, 5.74) is 3.45. The first-order valence-electron chi connectivity index (χ1n) is 6.34. The number of piperazine rings is 1. The third-order valence-electron chi connectivity index (χ3n) is 3.57. The van der Waals surface area contributed by atoms with Gasteiger partial charge in [0, 0.05) is 32.7 Å². The molecule has 1 saturated heterocycles. The maximum atomic E-state index is 11.2. The molecule has 1 heterocycles. The summed E-state index contributed by atoms with van der Waals surface area (Å²) in [5.74, 6) is -0.835. The zero-order valence-corrected chi connectivity index (χ0v) is 11.0. The number of benzene rings is 1. The van der Waals surface area contributed by atoms with Crippen LogP contribution in [0, 0.1) is 13.8 Å². The average Bonchev–Trinajstić information content (AvgIpc) is 2.34. The van der Waals surface area contributed by atoms with Gasteiger partial charge in [0.2, 0.25) is 0 Å². The van der Waals surface area contributed by atoms with Crippen molar-refractivity contribution in [3.63, 3.8) is 0 Å². The van der Waals surface area contributed by atoms with Gasteiger partial charge in [0.05, 0.1) is 5.56 Å². The third-order valence-corrected chi connectivity index (χ3v) is 3.57. The van der Waals surface area contributed by atoms with Crippen molar-refractivity contribution >= 4 is 5.97 Å². The minimum atomic E-state index is -0.835. The maximum absolute atomic E-state index is 11.2. The molecule has 1 aliphatic rings. The highest BCUT2D eigenvalue weighted by Crippen LogP contribution is 2.18. The van der Waals surface area contributed by atoms with Crippen LogP contribution < -0.4 is 5.32 Å². The fourth-order valence-corrected chi connectivity index (χ4v) is 2.37. The molecule has 98 valence electrons. The summed E-state index contributed by atoms with van der Waals surface area (Å²) in [4.78, 5) is 13.5. The Morgan fingerprint density at radius 3 is 2.61 bits per heavy atom. The molecule has 0 atom stereocenters. The second-order valence-corrected chi connectivity index (χ2v) is 4.92. The molecule has 1 aliphatic heterocycles. The van der Waals surface area contributed by atoms with Crippen LogP contribution in [-0.2, 0) is 6.54 Å².